The molecule has 1 fully saturated rings. The fourth-order valence-electron chi connectivity index (χ4n) is 2.91. The van der Waals surface area contributed by atoms with E-state index < -0.39 is 12.0 Å². The van der Waals surface area contributed by atoms with Crippen LogP contribution in [0.1, 0.15) is 42.1 Å². The lowest BCUT2D eigenvalue weighted by molar-refractivity contribution is -0.144. The average Bonchev–Trinajstić information content (AvgIpc) is 2.44. The summed E-state index contributed by atoms with van der Waals surface area (Å²) in [4.78, 5) is 25.7. The quantitative estimate of drug-likeness (QED) is 0.904. The highest BCUT2D eigenvalue weighted by Crippen LogP contribution is 2.27. The number of carboxylic acids is 1. The molecule has 21 heavy (non-hydrogen) atoms. The number of likely N-dealkylation sites (tertiary alicyclic amines) is 1. The van der Waals surface area contributed by atoms with Gasteiger partial charge in [0.05, 0.1) is 0 Å². The molecule has 1 aromatic rings. The van der Waals surface area contributed by atoms with Crippen LogP contribution in [0.25, 0.3) is 0 Å². The van der Waals surface area contributed by atoms with E-state index >= 15 is 0 Å². The highest BCUT2D eigenvalue weighted by atomic mass is 79.9. The third-order valence-electron chi connectivity index (χ3n) is 4.12. The number of carbonyl (C=O) groups excluding carboxylic acids is 1. The molecule has 1 aliphatic heterocycles. The number of nitrogens with zero attached hydrogens (tertiary/aromatic N) is 1. The van der Waals surface area contributed by atoms with E-state index in [1.165, 1.54) is 4.90 Å². The predicted molar refractivity (Wildman–Crippen MR) is 84.4 cm³/mol. The van der Waals surface area contributed by atoms with Gasteiger partial charge in [0.25, 0.3) is 5.91 Å². The molecule has 1 amide bonds. The smallest absolute Gasteiger partial charge is 0.326 e. The number of amides is 1. The molecule has 0 radical (unpaired) electrons. The van der Waals surface area contributed by atoms with Gasteiger partial charge in [0, 0.05) is 16.6 Å². The van der Waals surface area contributed by atoms with E-state index in [4.69, 9.17) is 0 Å². The Labute approximate surface area is 133 Å². The molecule has 5 heteroatoms. The van der Waals surface area contributed by atoms with Crippen LogP contribution in [0.15, 0.2) is 22.7 Å². The summed E-state index contributed by atoms with van der Waals surface area (Å²) in [6, 6.07) is 4.77. The highest BCUT2D eigenvalue weighted by molar-refractivity contribution is 9.10. The maximum Gasteiger partial charge on any atom is 0.326 e. The maximum atomic E-state index is 12.7. The summed E-state index contributed by atoms with van der Waals surface area (Å²) in [5.41, 5.74) is 1.52. The fourth-order valence-corrected chi connectivity index (χ4v) is 3.52. The SMILES string of the molecule is CCC1CCN(C(=O)c2cc(C)cc(Br)c2)C(C(=O)O)C1. The van der Waals surface area contributed by atoms with Crippen molar-refractivity contribution in [1.29, 1.82) is 0 Å². The Bertz CT molecular complexity index is 538. The minimum atomic E-state index is -0.909. The van der Waals surface area contributed by atoms with Gasteiger partial charge in [0.2, 0.25) is 0 Å². The predicted octanol–water partition coefficient (Wildman–Crippen LogP) is 3.47. The van der Waals surface area contributed by atoms with Crippen LogP contribution in [-0.4, -0.2) is 34.5 Å². The summed E-state index contributed by atoms with van der Waals surface area (Å²) in [6.07, 6.45) is 2.38. The second-order valence-corrected chi connectivity index (χ2v) is 6.58. The van der Waals surface area contributed by atoms with Crippen molar-refractivity contribution in [2.75, 3.05) is 6.54 Å². The second kappa shape index (κ2) is 6.60. The Morgan fingerprint density at radius 2 is 2.10 bits per heavy atom. The van der Waals surface area contributed by atoms with E-state index in [0.717, 1.165) is 22.9 Å². The number of aliphatic carboxylic acids is 1. The highest BCUT2D eigenvalue weighted by Gasteiger charge is 2.36. The van der Waals surface area contributed by atoms with E-state index in [9.17, 15) is 14.7 Å². The summed E-state index contributed by atoms with van der Waals surface area (Å²) < 4.78 is 0.834. The molecule has 2 atom stereocenters. The molecule has 4 nitrogen and oxygen atoms in total. The zero-order valence-corrected chi connectivity index (χ0v) is 13.9. The number of benzene rings is 1. The van der Waals surface area contributed by atoms with Crippen LogP contribution in [0.5, 0.6) is 0 Å². The van der Waals surface area contributed by atoms with Crippen LogP contribution in [0, 0.1) is 12.8 Å². The molecule has 0 saturated carbocycles. The molecule has 0 spiro atoms. The average molecular weight is 354 g/mol. The zero-order valence-electron chi connectivity index (χ0n) is 12.3. The number of hydrogen-bond donors (Lipinski definition) is 1. The lowest BCUT2D eigenvalue weighted by atomic mass is 9.88. The molecular weight excluding hydrogens is 334 g/mol. The van der Waals surface area contributed by atoms with Crippen molar-refractivity contribution in [3.8, 4) is 0 Å². The topological polar surface area (TPSA) is 57.6 Å². The summed E-state index contributed by atoms with van der Waals surface area (Å²) in [7, 11) is 0. The van der Waals surface area contributed by atoms with Gasteiger partial charge >= 0.3 is 5.97 Å². The van der Waals surface area contributed by atoms with Crippen LogP contribution in [0.2, 0.25) is 0 Å². The lowest BCUT2D eigenvalue weighted by Gasteiger charge is -2.37. The van der Waals surface area contributed by atoms with Crippen LogP contribution in [0.4, 0.5) is 0 Å². The van der Waals surface area contributed by atoms with Gasteiger partial charge in [-0.25, -0.2) is 4.79 Å². The largest absolute Gasteiger partial charge is 0.480 e. The number of rotatable bonds is 3. The summed E-state index contributed by atoms with van der Waals surface area (Å²) in [5, 5.41) is 9.42. The molecule has 0 aliphatic carbocycles. The third kappa shape index (κ3) is 3.64. The minimum Gasteiger partial charge on any atom is -0.480 e. The summed E-state index contributed by atoms with van der Waals surface area (Å²) in [6.45, 7) is 4.50. The summed E-state index contributed by atoms with van der Waals surface area (Å²) in [5.74, 6) is -0.714. The third-order valence-corrected chi connectivity index (χ3v) is 4.58. The Balaban J connectivity index is 2.26. The summed E-state index contributed by atoms with van der Waals surface area (Å²) >= 11 is 3.38. The standard InChI is InChI=1S/C16H20BrNO3/c1-3-11-4-5-18(14(8-11)16(20)21)15(19)12-6-10(2)7-13(17)9-12/h6-7,9,11,14H,3-5,8H2,1-2H3,(H,20,21). The van der Waals surface area contributed by atoms with E-state index in [2.05, 4.69) is 22.9 Å². The van der Waals surface area contributed by atoms with E-state index in [1.54, 1.807) is 12.1 Å². The lowest BCUT2D eigenvalue weighted by Crippen LogP contribution is -2.50. The van der Waals surface area contributed by atoms with Gasteiger partial charge < -0.3 is 10.0 Å². The van der Waals surface area contributed by atoms with Crippen molar-refractivity contribution in [2.24, 2.45) is 5.92 Å². The van der Waals surface area contributed by atoms with Gasteiger partial charge in [0.15, 0.2) is 0 Å². The number of halogens is 1. The first-order chi connectivity index (χ1) is 9.92. The normalized spacial score (nSPS) is 22.1. The van der Waals surface area contributed by atoms with Gasteiger partial charge in [0.1, 0.15) is 6.04 Å². The molecular formula is C16H20BrNO3. The first-order valence-electron chi connectivity index (χ1n) is 7.23. The first-order valence-corrected chi connectivity index (χ1v) is 8.02. The molecule has 0 aromatic heterocycles. The second-order valence-electron chi connectivity index (χ2n) is 5.67. The molecule has 2 unspecified atom stereocenters. The number of piperidine rings is 1. The number of aryl methyl sites for hydroxylation is 1. The van der Waals surface area contributed by atoms with Gasteiger partial charge in [-0.15, -0.1) is 0 Å². The van der Waals surface area contributed by atoms with Gasteiger partial charge in [-0.05, 0) is 49.4 Å². The molecule has 1 aromatic carbocycles. The Kier molecular flexibility index (Phi) is 5.04. The molecule has 1 heterocycles. The molecule has 114 valence electrons. The van der Waals surface area contributed by atoms with Crippen LogP contribution >= 0.6 is 15.9 Å². The van der Waals surface area contributed by atoms with E-state index in [1.807, 2.05) is 13.0 Å². The first kappa shape index (κ1) is 16.0. The van der Waals surface area contributed by atoms with Crippen LogP contribution in [-0.2, 0) is 4.79 Å². The Morgan fingerprint density at radius 1 is 1.38 bits per heavy atom. The minimum absolute atomic E-state index is 0.193. The maximum absolute atomic E-state index is 12.7. The Morgan fingerprint density at radius 3 is 2.67 bits per heavy atom. The fraction of sp³-hybridized carbons (Fsp3) is 0.500. The van der Waals surface area contributed by atoms with Crippen molar-refractivity contribution in [2.45, 2.75) is 39.2 Å². The van der Waals surface area contributed by atoms with Gasteiger partial charge in [-0.1, -0.05) is 29.3 Å². The molecule has 1 aliphatic rings. The van der Waals surface area contributed by atoms with Gasteiger partial charge in [-0.2, -0.15) is 0 Å². The number of hydrogen-bond acceptors (Lipinski definition) is 2. The molecule has 2 rings (SSSR count). The van der Waals surface area contributed by atoms with Crippen molar-refractivity contribution in [1.82, 2.24) is 4.90 Å². The Hall–Kier alpha value is -1.36. The zero-order chi connectivity index (χ0) is 15.6. The van der Waals surface area contributed by atoms with Crippen LogP contribution in [0.3, 0.4) is 0 Å². The molecule has 0 bridgehead atoms. The monoisotopic (exact) mass is 353 g/mol. The van der Waals surface area contributed by atoms with E-state index in [0.29, 0.717) is 24.4 Å². The van der Waals surface area contributed by atoms with Gasteiger partial charge in [-0.3, -0.25) is 4.79 Å². The van der Waals surface area contributed by atoms with Crippen LogP contribution < -0.4 is 0 Å². The van der Waals surface area contributed by atoms with E-state index in [-0.39, 0.29) is 5.91 Å². The van der Waals surface area contributed by atoms with Crippen molar-refractivity contribution < 1.29 is 14.7 Å². The van der Waals surface area contributed by atoms with Crippen molar-refractivity contribution in [3.05, 3.63) is 33.8 Å². The molecule has 1 N–H and O–H groups in total. The number of carbonyl (C=O) groups is 2. The number of carboxylic acid groups (broad SMARTS) is 1. The molecule has 1 saturated heterocycles. The van der Waals surface area contributed by atoms with Crippen molar-refractivity contribution >= 4 is 27.8 Å². The van der Waals surface area contributed by atoms with Crippen molar-refractivity contribution in [3.63, 3.8) is 0 Å².